The quantitative estimate of drug-likeness (QED) is 0.512. The van der Waals surface area contributed by atoms with Gasteiger partial charge in [0.15, 0.2) is 0 Å². The van der Waals surface area contributed by atoms with Crippen LogP contribution in [0.25, 0.3) is 0 Å². The second kappa shape index (κ2) is 8.78. The largest absolute Gasteiger partial charge is 0.322 e. The topological polar surface area (TPSA) is 70.6 Å². The van der Waals surface area contributed by atoms with Gasteiger partial charge in [-0.05, 0) is 42.0 Å². The molecule has 0 bridgehead atoms. The molecular weight excluding hydrogens is 362 g/mol. The molecule has 0 aliphatic heterocycles. The van der Waals surface area contributed by atoms with Crippen LogP contribution in [0, 0.1) is 0 Å². The number of carbonyl (C=O) groups is 2. The van der Waals surface area contributed by atoms with Crippen LogP contribution in [0.15, 0.2) is 84.0 Å². The first-order chi connectivity index (χ1) is 13.1. The van der Waals surface area contributed by atoms with Gasteiger partial charge in [-0.25, -0.2) is 5.43 Å². The van der Waals surface area contributed by atoms with Gasteiger partial charge in [-0.3, -0.25) is 9.59 Å². The van der Waals surface area contributed by atoms with Crippen LogP contribution in [0.5, 0.6) is 0 Å². The van der Waals surface area contributed by atoms with Gasteiger partial charge in [0.25, 0.3) is 11.8 Å². The van der Waals surface area contributed by atoms with E-state index in [-0.39, 0.29) is 11.8 Å². The number of amides is 2. The molecule has 0 saturated heterocycles. The minimum Gasteiger partial charge on any atom is -0.322 e. The molecule has 3 rings (SSSR count). The molecule has 0 atom stereocenters. The zero-order valence-electron chi connectivity index (χ0n) is 14.2. The van der Waals surface area contributed by atoms with Crippen molar-refractivity contribution in [3.8, 4) is 0 Å². The fourth-order valence-electron chi connectivity index (χ4n) is 2.36. The molecule has 2 N–H and O–H groups in total. The van der Waals surface area contributed by atoms with Crippen LogP contribution < -0.4 is 10.7 Å². The normalized spacial score (nSPS) is 10.6. The summed E-state index contributed by atoms with van der Waals surface area (Å²) in [5.41, 5.74) is 4.70. The van der Waals surface area contributed by atoms with E-state index in [4.69, 9.17) is 11.6 Å². The highest BCUT2D eigenvalue weighted by Crippen LogP contribution is 2.17. The van der Waals surface area contributed by atoms with Gasteiger partial charge in [0.05, 0.1) is 16.8 Å². The molecule has 0 radical (unpaired) electrons. The molecule has 0 aliphatic carbocycles. The Kier molecular flexibility index (Phi) is 5.97. The molecule has 6 heteroatoms. The van der Waals surface area contributed by atoms with Crippen LogP contribution in [0.1, 0.15) is 26.3 Å². The Balaban J connectivity index is 1.64. The maximum atomic E-state index is 12.3. The summed E-state index contributed by atoms with van der Waals surface area (Å²) < 4.78 is 0. The number of hydrogen-bond donors (Lipinski definition) is 2. The molecule has 0 heterocycles. The Bertz CT molecular complexity index is 987. The van der Waals surface area contributed by atoms with Crippen LogP contribution >= 0.6 is 11.6 Å². The number of anilines is 1. The number of carbonyl (C=O) groups excluding carboxylic acids is 2. The lowest BCUT2D eigenvalue weighted by molar-refractivity contribution is 0.0954. The number of rotatable bonds is 5. The molecule has 0 unspecified atom stereocenters. The smallest absolute Gasteiger partial charge is 0.271 e. The monoisotopic (exact) mass is 377 g/mol. The Morgan fingerprint density at radius 2 is 1.59 bits per heavy atom. The lowest BCUT2D eigenvalue weighted by Gasteiger charge is -2.07. The van der Waals surface area contributed by atoms with Crippen molar-refractivity contribution in [1.82, 2.24) is 5.43 Å². The van der Waals surface area contributed by atoms with Crippen molar-refractivity contribution in [2.45, 2.75) is 0 Å². The van der Waals surface area contributed by atoms with Crippen LogP contribution in [-0.4, -0.2) is 18.0 Å². The van der Waals surface area contributed by atoms with Crippen molar-refractivity contribution in [2.75, 3.05) is 5.32 Å². The van der Waals surface area contributed by atoms with E-state index in [1.165, 1.54) is 6.21 Å². The minimum atomic E-state index is -0.299. The second-order valence-electron chi connectivity index (χ2n) is 5.62. The fourth-order valence-corrected chi connectivity index (χ4v) is 2.58. The third-order valence-corrected chi connectivity index (χ3v) is 4.01. The van der Waals surface area contributed by atoms with E-state index in [0.29, 0.717) is 21.8 Å². The third kappa shape index (κ3) is 5.03. The zero-order valence-corrected chi connectivity index (χ0v) is 15.0. The van der Waals surface area contributed by atoms with Gasteiger partial charge in [-0.15, -0.1) is 0 Å². The summed E-state index contributed by atoms with van der Waals surface area (Å²) in [5, 5.41) is 7.13. The van der Waals surface area contributed by atoms with E-state index < -0.39 is 0 Å². The average molecular weight is 378 g/mol. The van der Waals surface area contributed by atoms with E-state index in [9.17, 15) is 9.59 Å². The summed E-state index contributed by atoms with van der Waals surface area (Å²) in [6.45, 7) is 0. The van der Waals surface area contributed by atoms with Crippen molar-refractivity contribution in [3.63, 3.8) is 0 Å². The summed E-state index contributed by atoms with van der Waals surface area (Å²) in [6.07, 6.45) is 1.51. The Morgan fingerprint density at radius 3 is 2.37 bits per heavy atom. The predicted molar refractivity (Wildman–Crippen MR) is 107 cm³/mol. The van der Waals surface area contributed by atoms with Gasteiger partial charge in [0.2, 0.25) is 0 Å². The van der Waals surface area contributed by atoms with Crippen molar-refractivity contribution in [1.29, 1.82) is 0 Å². The Hall–Kier alpha value is -3.44. The standard InChI is InChI=1S/C21H16ClN3O2/c22-19-12-5-4-11-18(19)21(27)24-17-10-6-7-15(13-17)14-23-25-20(26)16-8-2-1-3-9-16/h1-14H,(H,24,27)(H,25,26)/b23-14+. The van der Waals surface area contributed by atoms with Gasteiger partial charge < -0.3 is 5.32 Å². The minimum absolute atomic E-state index is 0.296. The molecule has 0 saturated carbocycles. The highest BCUT2D eigenvalue weighted by molar-refractivity contribution is 6.34. The number of hydrogen-bond acceptors (Lipinski definition) is 3. The molecule has 5 nitrogen and oxygen atoms in total. The highest BCUT2D eigenvalue weighted by Gasteiger charge is 2.09. The van der Waals surface area contributed by atoms with Gasteiger partial charge in [0.1, 0.15) is 0 Å². The Morgan fingerprint density at radius 1 is 0.852 bits per heavy atom. The molecule has 134 valence electrons. The average Bonchev–Trinajstić information content (AvgIpc) is 2.69. The Labute approximate surface area is 161 Å². The van der Waals surface area contributed by atoms with Crippen molar-refractivity contribution >= 4 is 35.3 Å². The van der Waals surface area contributed by atoms with E-state index in [2.05, 4.69) is 15.8 Å². The summed E-state index contributed by atoms with van der Waals surface area (Å²) in [7, 11) is 0. The summed E-state index contributed by atoms with van der Waals surface area (Å²) in [5.74, 6) is -0.595. The molecule has 2 amide bonds. The first-order valence-electron chi connectivity index (χ1n) is 8.18. The van der Waals surface area contributed by atoms with E-state index in [1.807, 2.05) is 12.1 Å². The van der Waals surface area contributed by atoms with Crippen LogP contribution in [0.2, 0.25) is 5.02 Å². The number of nitrogens with zero attached hydrogens (tertiary/aromatic N) is 1. The summed E-state index contributed by atoms with van der Waals surface area (Å²) >= 11 is 6.04. The van der Waals surface area contributed by atoms with Gasteiger partial charge in [0, 0.05) is 11.3 Å². The van der Waals surface area contributed by atoms with E-state index >= 15 is 0 Å². The second-order valence-corrected chi connectivity index (χ2v) is 6.03. The van der Waals surface area contributed by atoms with Crippen LogP contribution in [0.4, 0.5) is 5.69 Å². The van der Waals surface area contributed by atoms with Crippen molar-refractivity contribution in [3.05, 3.63) is 101 Å². The number of benzene rings is 3. The van der Waals surface area contributed by atoms with Gasteiger partial charge in [-0.1, -0.05) is 54.1 Å². The first kappa shape index (κ1) is 18.4. The first-order valence-corrected chi connectivity index (χ1v) is 8.56. The molecule has 27 heavy (non-hydrogen) atoms. The maximum Gasteiger partial charge on any atom is 0.271 e. The fraction of sp³-hybridized carbons (Fsp3) is 0. The summed E-state index contributed by atoms with van der Waals surface area (Å²) in [6, 6.07) is 22.7. The van der Waals surface area contributed by atoms with E-state index in [1.54, 1.807) is 66.7 Å². The number of nitrogens with one attached hydrogen (secondary N) is 2. The third-order valence-electron chi connectivity index (χ3n) is 3.68. The van der Waals surface area contributed by atoms with Crippen LogP contribution in [0.3, 0.4) is 0 Å². The predicted octanol–water partition coefficient (Wildman–Crippen LogP) is 4.36. The SMILES string of the molecule is O=C(N/N=C/c1cccc(NC(=O)c2ccccc2Cl)c1)c1ccccc1. The summed E-state index contributed by atoms with van der Waals surface area (Å²) in [4.78, 5) is 24.3. The van der Waals surface area contributed by atoms with Crippen molar-refractivity contribution < 1.29 is 9.59 Å². The number of hydrazone groups is 1. The highest BCUT2D eigenvalue weighted by atomic mass is 35.5. The van der Waals surface area contributed by atoms with Gasteiger partial charge >= 0.3 is 0 Å². The lowest BCUT2D eigenvalue weighted by atomic mass is 10.2. The lowest BCUT2D eigenvalue weighted by Crippen LogP contribution is -2.17. The molecule has 0 fully saturated rings. The maximum absolute atomic E-state index is 12.3. The molecule has 0 aliphatic rings. The molecule has 3 aromatic carbocycles. The van der Waals surface area contributed by atoms with Crippen LogP contribution in [-0.2, 0) is 0 Å². The molecule has 0 aromatic heterocycles. The molecule has 0 spiro atoms. The number of halogens is 1. The van der Waals surface area contributed by atoms with Crippen molar-refractivity contribution in [2.24, 2.45) is 5.10 Å². The van der Waals surface area contributed by atoms with E-state index in [0.717, 1.165) is 5.56 Å². The zero-order chi connectivity index (χ0) is 19.1. The molecule has 3 aromatic rings. The van der Waals surface area contributed by atoms with Gasteiger partial charge in [-0.2, -0.15) is 5.10 Å². The molecular formula is C21H16ClN3O2.